The van der Waals surface area contributed by atoms with Gasteiger partial charge in [-0.25, -0.2) is 0 Å². The first-order valence-corrected chi connectivity index (χ1v) is 7.65. The van der Waals surface area contributed by atoms with Crippen molar-refractivity contribution in [1.82, 2.24) is 15.4 Å². The highest BCUT2D eigenvalue weighted by Crippen LogP contribution is 2.37. The van der Waals surface area contributed by atoms with E-state index in [2.05, 4.69) is 51.1 Å². The predicted octanol–water partition coefficient (Wildman–Crippen LogP) is 1.70. The molecule has 0 radical (unpaired) electrons. The van der Waals surface area contributed by atoms with Gasteiger partial charge in [0.05, 0.1) is 0 Å². The zero-order valence-corrected chi connectivity index (χ0v) is 13.1. The number of rotatable bonds is 2. The number of hydrogen-bond acceptors (Lipinski definition) is 7. The molecule has 6 nitrogen and oxygen atoms in total. The van der Waals surface area contributed by atoms with Gasteiger partial charge in [0.1, 0.15) is 28.7 Å². The fourth-order valence-corrected chi connectivity index (χ4v) is 3.62. The third-order valence-electron chi connectivity index (χ3n) is 2.97. The molecule has 2 heterocycles. The number of para-hydroxylation sites is 1. The topological polar surface area (TPSA) is 66.3 Å². The van der Waals surface area contributed by atoms with Crippen LogP contribution in [0.1, 0.15) is 0 Å². The zero-order valence-electron chi connectivity index (χ0n) is 10.5. The molecule has 0 spiro atoms. The van der Waals surface area contributed by atoms with Gasteiger partial charge >= 0.3 is 0 Å². The van der Waals surface area contributed by atoms with E-state index in [4.69, 9.17) is 0 Å². The van der Waals surface area contributed by atoms with Crippen LogP contribution in [-0.2, 0) is 0 Å². The van der Waals surface area contributed by atoms with Crippen molar-refractivity contribution >= 4 is 48.4 Å². The minimum Gasteiger partial charge on any atom is -0.197 e. The smallest absolute Gasteiger partial charge is 0.187 e. The van der Waals surface area contributed by atoms with Crippen molar-refractivity contribution in [3.8, 4) is 0 Å². The lowest BCUT2D eigenvalue weighted by atomic mass is 10.3. The third kappa shape index (κ3) is 2.31. The second kappa shape index (κ2) is 4.73. The van der Waals surface area contributed by atoms with E-state index in [1.807, 2.05) is 36.4 Å². The number of benzene rings is 2. The number of hydrogen-bond donors (Lipinski definition) is 3. The Balaban J connectivity index is 1.80. The molecule has 0 saturated carbocycles. The highest BCUT2D eigenvalue weighted by Gasteiger charge is 2.32. The monoisotopic (exact) mass is 333 g/mol. The summed E-state index contributed by atoms with van der Waals surface area (Å²) in [5.74, 6) is 0. The van der Waals surface area contributed by atoms with Crippen molar-refractivity contribution in [2.45, 2.75) is 9.79 Å². The summed E-state index contributed by atoms with van der Waals surface area (Å²) in [6, 6.07) is 11.4. The molecule has 4 rings (SSSR count). The van der Waals surface area contributed by atoms with E-state index in [-0.39, 0.29) is 3.51 Å². The number of nitrogens with zero attached hydrogens (tertiary/aromatic N) is 5. The molecule has 21 heavy (non-hydrogen) atoms. The van der Waals surface area contributed by atoms with E-state index >= 15 is 0 Å². The van der Waals surface area contributed by atoms with Gasteiger partial charge in [0.15, 0.2) is 22.7 Å². The van der Waals surface area contributed by atoms with Gasteiger partial charge < -0.3 is 0 Å². The Kier molecular flexibility index (Phi) is 2.96. The van der Waals surface area contributed by atoms with Crippen molar-refractivity contribution in [2.24, 2.45) is 10.2 Å². The maximum absolute atomic E-state index is 4.56. The number of thiol groups is 2. The molecule has 0 amide bonds. The lowest BCUT2D eigenvalue weighted by Gasteiger charge is -2.11. The predicted molar refractivity (Wildman–Crippen MR) is 85.0 cm³/mol. The third-order valence-corrected chi connectivity index (χ3v) is 4.60. The maximum atomic E-state index is 4.56. The molecule has 1 aliphatic heterocycles. The summed E-state index contributed by atoms with van der Waals surface area (Å²) in [6.07, 6.45) is 0. The molecule has 9 heteroatoms. The Bertz CT molecular complexity index is 969. The van der Waals surface area contributed by atoms with Crippen LogP contribution < -0.4 is 10.7 Å². The SMILES string of the molecule is Sc1ccc2c(c1)=N[N+](S)(Sc1cccc3n[nH]nc13)N=2. The van der Waals surface area contributed by atoms with Crippen molar-refractivity contribution in [3.05, 3.63) is 47.1 Å². The van der Waals surface area contributed by atoms with Crippen molar-refractivity contribution in [3.63, 3.8) is 0 Å². The number of aromatic amines is 1. The standard InChI is InChI=1S/C12H8N6S3/c19-7-4-5-8-10(6-7)16-18(20,15-8)21-11-3-1-2-9-12(11)14-17-13-9/h1-6,20H,(H-,13,14,16,17,19)/p+1. The number of quaternary nitrogens is 1. The molecule has 1 aliphatic rings. The lowest BCUT2D eigenvalue weighted by molar-refractivity contribution is -0.659. The highest BCUT2D eigenvalue weighted by molar-refractivity contribution is 8.00. The van der Waals surface area contributed by atoms with E-state index in [9.17, 15) is 0 Å². The Morgan fingerprint density at radius 2 is 1.90 bits per heavy atom. The van der Waals surface area contributed by atoms with Gasteiger partial charge in [-0.05, 0) is 40.5 Å². The van der Waals surface area contributed by atoms with E-state index in [0.717, 1.165) is 31.5 Å². The molecule has 2 aromatic carbocycles. The molecule has 3 aromatic rings. The molecule has 104 valence electrons. The van der Waals surface area contributed by atoms with Crippen LogP contribution >= 0.6 is 37.4 Å². The van der Waals surface area contributed by atoms with Crippen LogP contribution in [0.3, 0.4) is 0 Å². The molecule has 0 aliphatic carbocycles. The summed E-state index contributed by atoms with van der Waals surface area (Å²) in [5, 5.41) is 21.5. The molecule has 0 saturated heterocycles. The summed E-state index contributed by atoms with van der Waals surface area (Å²) in [5.41, 5.74) is 1.58. The quantitative estimate of drug-likeness (QED) is 0.380. The molecule has 0 fully saturated rings. The largest absolute Gasteiger partial charge is 0.197 e. The van der Waals surface area contributed by atoms with Gasteiger partial charge in [0.25, 0.3) is 0 Å². The minimum atomic E-state index is -0.168. The number of H-pyrrole nitrogens is 1. The number of nitrogens with one attached hydrogen (secondary N) is 1. The number of fused-ring (bicyclic) bond motifs is 2. The van der Waals surface area contributed by atoms with Gasteiger partial charge in [0, 0.05) is 8.41 Å². The molecule has 1 unspecified atom stereocenters. The number of aromatic nitrogens is 3. The second-order valence-electron chi connectivity index (χ2n) is 4.43. The average Bonchev–Trinajstić information content (AvgIpc) is 3.02. The minimum absolute atomic E-state index is 0.168. The lowest BCUT2D eigenvalue weighted by Crippen LogP contribution is -2.20. The van der Waals surface area contributed by atoms with E-state index in [0.29, 0.717) is 0 Å². The summed E-state index contributed by atoms with van der Waals surface area (Å²) >= 11 is 10.2. The molecule has 0 bridgehead atoms. The van der Waals surface area contributed by atoms with Crippen LogP contribution in [0.2, 0.25) is 0 Å². The van der Waals surface area contributed by atoms with Crippen molar-refractivity contribution in [2.75, 3.05) is 0 Å². The highest BCUT2D eigenvalue weighted by atomic mass is 32.2. The van der Waals surface area contributed by atoms with Gasteiger partial charge in [-0.15, -0.1) is 12.6 Å². The Morgan fingerprint density at radius 1 is 1.05 bits per heavy atom. The van der Waals surface area contributed by atoms with Gasteiger partial charge in [-0.3, -0.25) is 0 Å². The van der Waals surface area contributed by atoms with Crippen LogP contribution in [0.15, 0.2) is 56.4 Å². The van der Waals surface area contributed by atoms with E-state index in [1.54, 1.807) is 0 Å². The fourth-order valence-electron chi connectivity index (χ4n) is 2.07. The maximum Gasteiger partial charge on any atom is 0.187 e. The van der Waals surface area contributed by atoms with Gasteiger partial charge in [-0.1, -0.05) is 6.07 Å². The van der Waals surface area contributed by atoms with Gasteiger partial charge in [0.2, 0.25) is 0 Å². The molecular weight excluding hydrogens is 324 g/mol. The Labute approximate surface area is 134 Å². The zero-order chi connectivity index (χ0) is 14.4. The van der Waals surface area contributed by atoms with Crippen LogP contribution in [0.5, 0.6) is 0 Å². The van der Waals surface area contributed by atoms with Crippen LogP contribution in [-0.4, -0.2) is 18.9 Å². The molecular formula is C12H9N6S3+. The van der Waals surface area contributed by atoms with E-state index in [1.165, 1.54) is 11.9 Å². The fraction of sp³-hybridized carbons (Fsp3) is 0. The second-order valence-corrected chi connectivity index (χ2v) is 6.90. The average molecular weight is 333 g/mol. The Hall–Kier alpha value is -1.55. The summed E-state index contributed by atoms with van der Waals surface area (Å²) in [6.45, 7) is 0. The van der Waals surface area contributed by atoms with Crippen LogP contribution in [0, 0.1) is 0 Å². The first-order chi connectivity index (χ1) is 10.1. The van der Waals surface area contributed by atoms with E-state index < -0.39 is 0 Å². The van der Waals surface area contributed by atoms with Gasteiger partial charge in [-0.2, -0.15) is 15.4 Å². The first-order valence-electron chi connectivity index (χ1n) is 6.03. The normalized spacial score (nSPS) is 20.1. The summed E-state index contributed by atoms with van der Waals surface area (Å²) in [4.78, 5) is 1.75. The van der Waals surface area contributed by atoms with Crippen LogP contribution in [0.25, 0.3) is 11.0 Å². The molecule has 1 atom stereocenters. The van der Waals surface area contributed by atoms with Crippen molar-refractivity contribution in [1.29, 1.82) is 0 Å². The van der Waals surface area contributed by atoms with Crippen molar-refractivity contribution < 1.29 is 3.51 Å². The molecule has 1 aromatic heterocycles. The summed E-state index contributed by atoms with van der Waals surface area (Å²) < 4.78 is -0.168. The summed E-state index contributed by atoms with van der Waals surface area (Å²) in [7, 11) is 0. The first kappa shape index (κ1) is 13.1. The van der Waals surface area contributed by atoms with Crippen LogP contribution in [0.4, 0.5) is 0 Å². The Morgan fingerprint density at radius 3 is 2.81 bits per heavy atom. The molecule has 1 N–H and O–H groups in total.